The zero-order chi connectivity index (χ0) is 15.4. The summed E-state index contributed by atoms with van der Waals surface area (Å²) in [4.78, 5) is 25.2. The molecule has 6 heteroatoms. The highest BCUT2D eigenvalue weighted by molar-refractivity contribution is 7.13. The average Bonchev–Trinajstić information content (AvgIpc) is 2.88. The van der Waals surface area contributed by atoms with Crippen molar-refractivity contribution in [1.29, 1.82) is 0 Å². The van der Waals surface area contributed by atoms with Gasteiger partial charge in [0.15, 0.2) is 6.10 Å². The first-order valence-corrected chi connectivity index (χ1v) is 7.11. The Morgan fingerprint density at radius 1 is 1.19 bits per heavy atom. The molecule has 2 rings (SSSR count). The molecule has 1 aromatic heterocycles. The van der Waals surface area contributed by atoms with Gasteiger partial charge in [-0.25, -0.2) is 9.18 Å². The van der Waals surface area contributed by atoms with E-state index >= 15 is 0 Å². The van der Waals surface area contributed by atoms with E-state index in [0.29, 0.717) is 10.6 Å². The quantitative estimate of drug-likeness (QED) is 0.881. The average molecular weight is 307 g/mol. The molecule has 0 spiro atoms. The van der Waals surface area contributed by atoms with Crippen molar-refractivity contribution in [2.24, 2.45) is 0 Å². The minimum absolute atomic E-state index is 0.388. The van der Waals surface area contributed by atoms with Crippen molar-refractivity contribution in [1.82, 2.24) is 0 Å². The Bertz CT molecular complexity index is 651. The molecule has 0 saturated carbocycles. The van der Waals surface area contributed by atoms with E-state index in [9.17, 15) is 14.0 Å². The summed E-state index contributed by atoms with van der Waals surface area (Å²) in [5, 5.41) is 2.55. The number of aryl methyl sites for hydroxylation is 1. The number of hydrogen-bond acceptors (Lipinski definition) is 4. The van der Waals surface area contributed by atoms with Crippen LogP contribution in [0.4, 0.5) is 10.1 Å². The smallest absolute Gasteiger partial charge is 0.349 e. The van der Waals surface area contributed by atoms with Crippen LogP contribution < -0.4 is 5.32 Å². The first kappa shape index (κ1) is 15.2. The number of esters is 1. The molecule has 110 valence electrons. The van der Waals surface area contributed by atoms with Crippen molar-refractivity contribution in [3.05, 3.63) is 52.0 Å². The maximum absolute atomic E-state index is 12.8. The van der Waals surface area contributed by atoms with Crippen LogP contribution >= 0.6 is 11.3 Å². The number of benzene rings is 1. The van der Waals surface area contributed by atoms with E-state index in [-0.39, 0.29) is 5.82 Å². The molecule has 2 aromatic rings. The number of carbonyl (C=O) groups excluding carboxylic acids is 2. The van der Waals surface area contributed by atoms with Gasteiger partial charge in [-0.05, 0) is 50.2 Å². The predicted molar refractivity (Wildman–Crippen MR) is 79.0 cm³/mol. The number of amides is 1. The highest BCUT2D eigenvalue weighted by atomic mass is 32.1. The molecule has 1 atom stereocenters. The zero-order valence-corrected chi connectivity index (χ0v) is 12.4. The molecule has 0 saturated heterocycles. The third-order valence-corrected chi connectivity index (χ3v) is 3.69. The fourth-order valence-corrected chi connectivity index (χ4v) is 2.34. The molecular formula is C15H14FNO3S. The summed E-state index contributed by atoms with van der Waals surface area (Å²) in [7, 11) is 0. The highest BCUT2D eigenvalue weighted by Gasteiger charge is 2.19. The zero-order valence-electron chi connectivity index (χ0n) is 11.6. The van der Waals surface area contributed by atoms with E-state index in [1.54, 1.807) is 6.07 Å². The van der Waals surface area contributed by atoms with Gasteiger partial charge in [0.2, 0.25) is 0 Å². The Kier molecular flexibility index (Phi) is 4.70. The molecule has 1 aromatic carbocycles. The lowest BCUT2D eigenvalue weighted by atomic mass is 10.3. The molecule has 4 nitrogen and oxygen atoms in total. The number of anilines is 1. The first-order chi connectivity index (χ1) is 9.95. The van der Waals surface area contributed by atoms with E-state index in [1.807, 2.05) is 13.0 Å². The molecule has 0 aliphatic rings. The molecule has 0 unspecified atom stereocenters. The number of rotatable bonds is 4. The monoisotopic (exact) mass is 307 g/mol. The number of nitrogens with one attached hydrogen (secondary N) is 1. The van der Waals surface area contributed by atoms with E-state index in [0.717, 1.165) is 4.88 Å². The lowest BCUT2D eigenvalue weighted by Gasteiger charge is -2.12. The highest BCUT2D eigenvalue weighted by Crippen LogP contribution is 2.17. The van der Waals surface area contributed by atoms with Crippen LogP contribution in [-0.2, 0) is 9.53 Å². The van der Waals surface area contributed by atoms with E-state index in [1.165, 1.54) is 42.5 Å². The van der Waals surface area contributed by atoms with Crippen molar-refractivity contribution in [3.8, 4) is 0 Å². The second-order valence-electron chi connectivity index (χ2n) is 4.45. The number of thiophene rings is 1. The van der Waals surface area contributed by atoms with Gasteiger partial charge in [0.25, 0.3) is 5.91 Å². The van der Waals surface area contributed by atoms with Crippen molar-refractivity contribution < 1.29 is 18.7 Å². The minimum Gasteiger partial charge on any atom is -0.448 e. The van der Waals surface area contributed by atoms with Gasteiger partial charge in [-0.3, -0.25) is 4.79 Å². The van der Waals surface area contributed by atoms with Gasteiger partial charge in [0.1, 0.15) is 10.7 Å². The Morgan fingerprint density at radius 3 is 2.43 bits per heavy atom. The van der Waals surface area contributed by atoms with E-state index < -0.39 is 18.0 Å². The minimum atomic E-state index is -0.940. The molecule has 0 radical (unpaired) electrons. The predicted octanol–water partition coefficient (Wildman–Crippen LogP) is 3.38. The Hall–Kier alpha value is -2.21. The van der Waals surface area contributed by atoms with Crippen molar-refractivity contribution >= 4 is 28.9 Å². The normalized spacial score (nSPS) is 11.8. The van der Waals surface area contributed by atoms with Crippen LogP contribution in [0.3, 0.4) is 0 Å². The van der Waals surface area contributed by atoms with E-state index in [4.69, 9.17) is 4.74 Å². The maximum atomic E-state index is 12.8. The molecule has 21 heavy (non-hydrogen) atoms. The summed E-state index contributed by atoms with van der Waals surface area (Å²) < 4.78 is 17.9. The fraction of sp³-hybridized carbons (Fsp3) is 0.200. The third-order valence-electron chi connectivity index (χ3n) is 2.71. The van der Waals surface area contributed by atoms with Crippen LogP contribution in [0.15, 0.2) is 36.4 Å². The standard InChI is InChI=1S/C15H14FNO3S/c1-9-3-8-13(21-9)15(19)20-10(2)14(18)17-12-6-4-11(16)5-7-12/h3-8,10H,1-2H3,(H,17,18)/t10-/m0/s1. The molecule has 1 amide bonds. The van der Waals surface area contributed by atoms with Gasteiger partial charge < -0.3 is 10.1 Å². The van der Waals surface area contributed by atoms with Crippen LogP contribution in [-0.4, -0.2) is 18.0 Å². The fourth-order valence-electron chi connectivity index (χ4n) is 1.59. The van der Waals surface area contributed by atoms with Crippen LogP contribution in [0.2, 0.25) is 0 Å². The summed E-state index contributed by atoms with van der Waals surface area (Å²) >= 11 is 1.31. The molecular weight excluding hydrogens is 293 g/mol. The van der Waals surface area contributed by atoms with E-state index in [2.05, 4.69) is 5.32 Å². The second-order valence-corrected chi connectivity index (χ2v) is 5.74. The van der Waals surface area contributed by atoms with Gasteiger partial charge in [0.05, 0.1) is 0 Å². The lowest BCUT2D eigenvalue weighted by molar-refractivity contribution is -0.123. The Labute approximate surface area is 125 Å². The van der Waals surface area contributed by atoms with Crippen LogP contribution in [0.25, 0.3) is 0 Å². The summed E-state index contributed by atoms with van der Waals surface area (Å²) in [5.74, 6) is -1.39. The Morgan fingerprint density at radius 2 is 1.86 bits per heavy atom. The summed E-state index contributed by atoms with van der Waals surface area (Å²) in [6.45, 7) is 3.36. The number of hydrogen-bond donors (Lipinski definition) is 1. The van der Waals surface area contributed by atoms with Crippen molar-refractivity contribution in [3.63, 3.8) is 0 Å². The van der Waals surface area contributed by atoms with Crippen LogP contribution in [0.1, 0.15) is 21.5 Å². The van der Waals surface area contributed by atoms with Crippen LogP contribution in [0, 0.1) is 12.7 Å². The largest absolute Gasteiger partial charge is 0.448 e. The van der Waals surface area contributed by atoms with Crippen LogP contribution in [0.5, 0.6) is 0 Å². The molecule has 0 bridgehead atoms. The molecule has 1 N–H and O–H groups in total. The van der Waals surface area contributed by atoms with Gasteiger partial charge >= 0.3 is 5.97 Å². The topological polar surface area (TPSA) is 55.4 Å². The van der Waals surface area contributed by atoms with Gasteiger partial charge in [-0.15, -0.1) is 11.3 Å². The number of halogens is 1. The number of carbonyl (C=O) groups is 2. The number of ether oxygens (including phenoxy) is 1. The van der Waals surface area contributed by atoms with Crippen molar-refractivity contribution in [2.45, 2.75) is 20.0 Å². The SMILES string of the molecule is Cc1ccc(C(=O)O[C@@H](C)C(=O)Nc2ccc(F)cc2)s1. The summed E-state index contributed by atoms with van der Waals surface area (Å²) in [6.07, 6.45) is -0.940. The van der Waals surface area contributed by atoms with Gasteiger partial charge in [-0.2, -0.15) is 0 Å². The van der Waals surface area contributed by atoms with Gasteiger partial charge in [-0.1, -0.05) is 0 Å². The lowest BCUT2D eigenvalue weighted by Crippen LogP contribution is -2.29. The van der Waals surface area contributed by atoms with Crippen molar-refractivity contribution in [2.75, 3.05) is 5.32 Å². The first-order valence-electron chi connectivity index (χ1n) is 6.29. The molecule has 1 heterocycles. The Balaban J connectivity index is 1.93. The second kappa shape index (κ2) is 6.49. The summed E-state index contributed by atoms with van der Waals surface area (Å²) in [6, 6.07) is 8.81. The summed E-state index contributed by atoms with van der Waals surface area (Å²) in [5.41, 5.74) is 0.441. The molecule has 0 aliphatic heterocycles. The molecule has 0 aliphatic carbocycles. The third kappa shape index (κ3) is 4.13. The molecule has 0 fully saturated rings. The maximum Gasteiger partial charge on any atom is 0.349 e. The van der Waals surface area contributed by atoms with Gasteiger partial charge in [0, 0.05) is 10.6 Å².